The minimum Gasteiger partial charge on any atom is -0.497 e. The minimum atomic E-state index is -0.251. The molecule has 128 valence electrons. The molecule has 0 fully saturated rings. The number of rotatable bonds is 8. The summed E-state index contributed by atoms with van der Waals surface area (Å²) in [6.45, 7) is 1.87. The Morgan fingerprint density at radius 1 is 1.17 bits per heavy atom. The van der Waals surface area contributed by atoms with Gasteiger partial charge in [0.25, 0.3) is 0 Å². The molecule has 0 aliphatic heterocycles. The van der Waals surface area contributed by atoms with E-state index in [9.17, 15) is 9.59 Å². The van der Waals surface area contributed by atoms with Gasteiger partial charge in [0.2, 0.25) is 5.91 Å². The van der Waals surface area contributed by atoms with Crippen LogP contribution in [0.4, 0.5) is 0 Å². The number of benzene rings is 1. The van der Waals surface area contributed by atoms with Crippen LogP contribution in [-0.2, 0) is 4.79 Å². The molecular weight excluding hydrogens is 326 g/mol. The Kier molecular flexibility index (Phi) is 6.37. The normalized spacial score (nSPS) is 11.6. The minimum absolute atomic E-state index is 0.00763. The second kappa shape index (κ2) is 8.49. The van der Waals surface area contributed by atoms with Crippen molar-refractivity contribution in [3.63, 3.8) is 0 Å². The van der Waals surface area contributed by atoms with Crippen LogP contribution in [0, 0.1) is 0 Å². The third-order valence-corrected chi connectivity index (χ3v) is 4.57. The molecular formula is C18H21NO4S. The first-order chi connectivity index (χ1) is 11.5. The highest BCUT2D eigenvalue weighted by Gasteiger charge is 2.16. The molecule has 2 rings (SSSR count). The number of hydrogen-bond donors (Lipinski definition) is 1. The highest BCUT2D eigenvalue weighted by Crippen LogP contribution is 2.29. The first-order valence-electron chi connectivity index (χ1n) is 7.63. The van der Waals surface area contributed by atoms with Gasteiger partial charge in [-0.15, -0.1) is 11.3 Å². The standard InChI is InChI=1S/C18H21NO4S/c1-12(14-11-13(22-2)6-8-16(14)23-3)19-18(21)9-7-15(20)17-5-4-10-24-17/h4-6,8,10-12H,7,9H2,1-3H3,(H,19,21)/t12-/m1/s1. The van der Waals surface area contributed by atoms with Crippen LogP contribution >= 0.6 is 11.3 Å². The van der Waals surface area contributed by atoms with Crippen LogP contribution in [0.1, 0.15) is 41.0 Å². The van der Waals surface area contributed by atoms with Gasteiger partial charge in [-0.05, 0) is 36.6 Å². The maximum atomic E-state index is 12.1. The maximum Gasteiger partial charge on any atom is 0.220 e. The summed E-state index contributed by atoms with van der Waals surface area (Å²) in [5.41, 5.74) is 0.829. The third kappa shape index (κ3) is 4.58. The Balaban J connectivity index is 1.95. The Labute approximate surface area is 145 Å². The van der Waals surface area contributed by atoms with E-state index in [4.69, 9.17) is 9.47 Å². The molecule has 0 unspecified atom stereocenters. The van der Waals surface area contributed by atoms with Crippen LogP contribution in [0.3, 0.4) is 0 Å². The van der Waals surface area contributed by atoms with E-state index >= 15 is 0 Å². The van der Waals surface area contributed by atoms with Crippen LogP contribution in [0.5, 0.6) is 11.5 Å². The van der Waals surface area contributed by atoms with Crippen molar-refractivity contribution >= 4 is 23.0 Å². The van der Waals surface area contributed by atoms with Gasteiger partial charge in [-0.3, -0.25) is 9.59 Å². The predicted octanol–water partition coefficient (Wildman–Crippen LogP) is 3.61. The summed E-state index contributed by atoms with van der Waals surface area (Å²) in [7, 11) is 3.17. The third-order valence-electron chi connectivity index (χ3n) is 3.66. The molecule has 1 N–H and O–H groups in total. The van der Waals surface area contributed by atoms with Gasteiger partial charge in [-0.25, -0.2) is 0 Å². The largest absolute Gasteiger partial charge is 0.497 e. The summed E-state index contributed by atoms with van der Waals surface area (Å²) >= 11 is 1.39. The number of methoxy groups -OCH3 is 2. The topological polar surface area (TPSA) is 64.6 Å². The van der Waals surface area contributed by atoms with Crippen molar-refractivity contribution in [3.05, 3.63) is 46.2 Å². The maximum absolute atomic E-state index is 12.1. The number of Topliss-reactive ketones (excluding diaryl/α,β-unsaturated/α-hetero) is 1. The monoisotopic (exact) mass is 347 g/mol. The Morgan fingerprint density at radius 3 is 2.58 bits per heavy atom. The van der Waals surface area contributed by atoms with Gasteiger partial charge in [-0.2, -0.15) is 0 Å². The van der Waals surface area contributed by atoms with Gasteiger partial charge < -0.3 is 14.8 Å². The van der Waals surface area contributed by atoms with Gasteiger partial charge in [0.05, 0.1) is 25.1 Å². The molecule has 1 aromatic heterocycles. The van der Waals surface area contributed by atoms with Crippen molar-refractivity contribution in [2.45, 2.75) is 25.8 Å². The van der Waals surface area contributed by atoms with Gasteiger partial charge in [0.15, 0.2) is 5.78 Å². The summed E-state index contributed by atoms with van der Waals surface area (Å²) in [6, 6.07) is 8.79. The van der Waals surface area contributed by atoms with Crippen LogP contribution in [-0.4, -0.2) is 25.9 Å². The number of ether oxygens (including phenoxy) is 2. The summed E-state index contributed by atoms with van der Waals surface area (Å²) in [4.78, 5) is 24.8. The lowest BCUT2D eigenvalue weighted by molar-refractivity contribution is -0.121. The van der Waals surface area contributed by atoms with E-state index in [2.05, 4.69) is 5.32 Å². The van der Waals surface area contributed by atoms with Crippen molar-refractivity contribution in [2.75, 3.05) is 14.2 Å². The smallest absolute Gasteiger partial charge is 0.220 e. The van der Waals surface area contributed by atoms with Crippen molar-refractivity contribution in [2.24, 2.45) is 0 Å². The number of thiophene rings is 1. The average molecular weight is 347 g/mol. The van der Waals surface area contributed by atoms with Gasteiger partial charge >= 0.3 is 0 Å². The average Bonchev–Trinajstić information content (AvgIpc) is 3.13. The zero-order valence-corrected chi connectivity index (χ0v) is 14.8. The van der Waals surface area contributed by atoms with E-state index in [1.54, 1.807) is 32.4 Å². The van der Waals surface area contributed by atoms with Crippen LogP contribution in [0.25, 0.3) is 0 Å². The molecule has 0 aliphatic carbocycles. The number of ketones is 1. The molecule has 0 spiro atoms. The number of carbonyl (C=O) groups is 2. The second-order valence-electron chi connectivity index (χ2n) is 5.30. The summed E-state index contributed by atoms with van der Waals surface area (Å²) in [5, 5.41) is 4.75. The molecule has 0 aliphatic rings. The summed E-state index contributed by atoms with van der Waals surface area (Å²) in [5.74, 6) is 1.20. The highest BCUT2D eigenvalue weighted by atomic mass is 32.1. The molecule has 0 saturated carbocycles. The molecule has 1 atom stereocenters. The Bertz CT molecular complexity index is 697. The quantitative estimate of drug-likeness (QED) is 0.741. The predicted molar refractivity (Wildman–Crippen MR) is 94.0 cm³/mol. The lowest BCUT2D eigenvalue weighted by Gasteiger charge is -2.18. The number of carbonyl (C=O) groups excluding carboxylic acids is 2. The van der Waals surface area contributed by atoms with Crippen LogP contribution < -0.4 is 14.8 Å². The van der Waals surface area contributed by atoms with Crippen LogP contribution in [0.15, 0.2) is 35.7 Å². The zero-order chi connectivity index (χ0) is 17.5. The number of amides is 1. The fourth-order valence-electron chi connectivity index (χ4n) is 2.36. The van der Waals surface area contributed by atoms with Gasteiger partial charge in [-0.1, -0.05) is 6.07 Å². The fraction of sp³-hybridized carbons (Fsp3) is 0.333. The van der Waals surface area contributed by atoms with E-state index in [0.717, 1.165) is 5.56 Å². The second-order valence-corrected chi connectivity index (χ2v) is 6.25. The molecule has 0 bridgehead atoms. The molecule has 1 amide bonds. The lowest BCUT2D eigenvalue weighted by Crippen LogP contribution is -2.27. The summed E-state index contributed by atoms with van der Waals surface area (Å²) < 4.78 is 10.6. The SMILES string of the molecule is COc1ccc(OC)c([C@@H](C)NC(=O)CCC(=O)c2cccs2)c1. The van der Waals surface area contributed by atoms with Crippen LogP contribution in [0.2, 0.25) is 0 Å². The van der Waals surface area contributed by atoms with Crippen molar-refractivity contribution in [1.82, 2.24) is 5.32 Å². The number of hydrogen-bond acceptors (Lipinski definition) is 5. The molecule has 24 heavy (non-hydrogen) atoms. The van der Waals surface area contributed by atoms with E-state index in [0.29, 0.717) is 16.4 Å². The Morgan fingerprint density at radius 2 is 1.96 bits per heavy atom. The Hall–Kier alpha value is -2.34. The molecule has 6 heteroatoms. The van der Waals surface area contributed by atoms with Crippen molar-refractivity contribution < 1.29 is 19.1 Å². The molecule has 1 aromatic carbocycles. The highest BCUT2D eigenvalue weighted by molar-refractivity contribution is 7.12. The first kappa shape index (κ1) is 18.0. The first-order valence-corrected chi connectivity index (χ1v) is 8.51. The van der Waals surface area contributed by atoms with E-state index in [1.165, 1.54) is 11.3 Å². The van der Waals surface area contributed by atoms with E-state index in [1.807, 2.05) is 24.4 Å². The lowest BCUT2D eigenvalue weighted by atomic mass is 10.1. The summed E-state index contributed by atoms with van der Waals surface area (Å²) in [6.07, 6.45) is 0.363. The van der Waals surface area contributed by atoms with E-state index in [-0.39, 0.29) is 30.6 Å². The van der Waals surface area contributed by atoms with E-state index < -0.39 is 0 Å². The molecule has 0 saturated heterocycles. The zero-order valence-electron chi connectivity index (χ0n) is 14.0. The van der Waals surface area contributed by atoms with Gasteiger partial charge in [0, 0.05) is 18.4 Å². The number of nitrogens with one attached hydrogen (secondary N) is 1. The van der Waals surface area contributed by atoms with Crippen molar-refractivity contribution in [3.8, 4) is 11.5 Å². The molecule has 2 aromatic rings. The van der Waals surface area contributed by atoms with Crippen molar-refractivity contribution in [1.29, 1.82) is 0 Å². The molecule has 1 heterocycles. The van der Waals surface area contributed by atoms with Gasteiger partial charge in [0.1, 0.15) is 11.5 Å². The fourth-order valence-corrected chi connectivity index (χ4v) is 3.05. The molecule has 5 nitrogen and oxygen atoms in total. The molecule has 0 radical (unpaired) electrons.